The van der Waals surface area contributed by atoms with Gasteiger partial charge in [-0.15, -0.1) is 27.8 Å². The number of oxime groups is 1. The van der Waals surface area contributed by atoms with E-state index in [4.69, 9.17) is 27.3 Å². The third kappa shape index (κ3) is 5.77. The van der Waals surface area contributed by atoms with Crippen molar-refractivity contribution in [3.8, 4) is 0 Å². The predicted molar refractivity (Wildman–Crippen MR) is 143 cm³/mol. The third-order valence-corrected chi connectivity index (χ3v) is 9.40. The highest BCUT2D eigenvalue weighted by molar-refractivity contribution is 8.00. The summed E-state index contributed by atoms with van der Waals surface area (Å²) in [7, 11) is 1.64. The van der Waals surface area contributed by atoms with Crippen molar-refractivity contribution in [2.45, 2.75) is 16.6 Å². The Bertz CT molecular complexity index is 1390. The largest absolute Gasteiger partial charge is 0.549 e. The van der Waals surface area contributed by atoms with Crippen LogP contribution >= 0.6 is 34.9 Å². The second-order valence-electron chi connectivity index (χ2n) is 8.62. The number of thiazole rings is 1. The van der Waals surface area contributed by atoms with Crippen LogP contribution in [0.3, 0.4) is 0 Å². The molecule has 40 heavy (non-hydrogen) atoms. The number of hydrogen-bond acceptors (Lipinski definition) is 16. The second kappa shape index (κ2) is 11.6. The van der Waals surface area contributed by atoms with E-state index in [0.29, 0.717) is 5.82 Å². The Hall–Kier alpha value is -4.04. The molecule has 0 aliphatic carbocycles. The Morgan fingerprint density at radius 3 is 2.77 bits per heavy atom. The summed E-state index contributed by atoms with van der Waals surface area (Å²) in [6.45, 7) is -0.970. The Kier molecular flexibility index (Phi) is 8.40. The van der Waals surface area contributed by atoms with Gasteiger partial charge in [0, 0.05) is 35.9 Å². The van der Waals surface area contributed by atoms with Crippen molar-refractivity contribution in [3.05, 3.63) is 17.1 Å². The number of fused-ring (bicyclic) bond motifs is 1. The summed E-state index contributed by atoms with van der Waals surface area (Å²) >= 11 is 3.24. The third-order valence-electron chi connectivity index (χ3n) is 5.90. The molecule has 20 heteroatoms. The van der Waals surface area contributed by atoms with Crippen molar-refractivity contribution in [2.24, 2.45) is 10.6 Å². The summed E-state index contributed by atoms with van der Waals surface area (Å²) in [5.41, 5.74) is 9.68. The molecule has 214 valence electrons. The van der Waals surface area contributed by atoms with Crippen LogP contribution in [-0.2, 0) is 24.0 Å². The minimum Gasteiger partial charge on any atom is -0.549 e. The predicted octanol–water partition coefficient (Wildman–Crippen LogP) is -3.52. The molecule has 3 atom stereocenters. The Labute approximate surface area is 238 Å². The van der Waals surface area contributed by atoms with E-state index < -0.39 is 47.2 Å². The van der Waals surface area contributed by atoms with Crippen LogP contribution in [0, 0.1) is 5.41 Å². The van der Waals surface area contributed by atoms with Gasteiger partial charge in [-0.05, 0) is 11.8 Å². The van der Waals surface area contributed by atoms with Crippen molar-refractivity contribution in [1.29, 1.82) is 0 Å². The van der Waals surface area contributed by atoms with Gasteiger partial charge in [0.25, 0.3) is 5.91 Å². The average Bonchev–Trinajstić information content (AvgIpc) is 3.34. The smallest absolute Gasteiger partial charge is 0.344 e. The zero-order chi connectivity index (χ0) is 29.2. The highest BCUT2D eigenvalue weighted by Gasteiger charge is 2.56. The highest BCUT2D eigenvalue weighted by Crippen LogP contribution is 2.43. The number of carbonyl (C=O) groups is 4. The van der Waals surface area contributed by atoms with Crippen molar-refractivity contribution < 1.29 is 38.9 Å². The van der Waals surface area contributed by atoms with Crippen LogP contribution in [0.15, 0.2) is 21.8 Å². The van der Waals surface area contributed by atoms with Crippen molar-refractivity contribution in [3.63, 3.8) is 0 Å². The molecule has 2 saturated heterocycles. The zero-order valence-electron chi connectivity index (χ0n) is 20.7. The molecule has 2 unspecified atom stereocenters. The molecule has 0 saturated carbocycles. The number of nitrogens with two attached hydrogens (primary N) is 3. The Morgan fingerprint density at radius 2 is 2.15 bits per heavy atom. The van der Waals surface area contributed by atoms with E-state index in [1.54, 1.807) is 7.05 Å². The molecule has 0 radical (unpaired) electrons. The molecule has 2 aromatic rings. The topological polar surface area (TPSA) is 268 Å². The van der Waals surface area contributed by atoms with Gasteiger partial charge in [0.2, 0.25) is 24.1 Å². The number of rotatable bonds is 11. The lowest BCUT2D eigenvalue weighted by molar-refractivity contribution is -0.667. The fraction of sp³-hybridized carbons (Fsp3) is 0.400. The molecule has 4 rings (SSSR count). The summed E-state index contributed by atoms with van der Waals surface area (Å²) < 4.78 is 1.23. The van der Waals surface area contributed by atoms with Gasteiger partial charge in [0.15, 0.2) is 10.8 Å². The van der Waals surface area contributed by atoms with E-state index in [9.17, 15) is 24.3 Å². The van der Waals surface area contributed by atoms with Gasteiger partial charge in [0.05, 0.1) is 12.0 Å². The molecule has 0 bridgehead atoms. The first kappa shape index (κ1) is 29.0. The molecule has 9 N–H and O–H groups in total. The number of aliphatic carboxylic acids is 2. The van der Waals surface area contributed by atoms with Gasteiger partial charge in [-0.2, -0.15) is 0 Å². The van der Waals surface area contributed by atoms with Crippen molar-refractivity contribution in [1.82, 2.24) is 20.2 Å². The first-order valence-corrected chi connectivity index (χ1v) is 14.2. The number of carboxylic acid groups (broad SMARTS) is 2. The number of anilines is 3. The van der Waals surface area contributed by atoms with Crippen LogP contribution in [0.4, 0.5) is 16.8 Å². The molecular weight excluding hydrogens is 588 g/mol. The number of amides is 2. The van der Waals surface area contributed by atoms with Crippen LogP contribution in [-0.4, -0.2) is 92.6 Å². The second-order valence-corrected chi connectivity index (χ2v) is 11.6. The maximum atomic E-state index is 13.0. The fourth-order valence-electron chi connectivity index (χ4n) is 3.87. The van der Waals surface area contributed by atoms with Crippen LogP contribution in [0.5, 0.6) is 0 Å². The number of carboxylic acids is 2. The van der Waals surface area contributed by atoms with E-state index in [1.807, 2.05) is 0 Å². The Morgan fingerprint density at radius 1 is 1.40 bits per heavy atom. The summed E-state index contributed by atoms with van der Waals surface area (Å²) in [5, 5.41) is 31.3. The molecule has 2 fully saturated rings. The molecule has 4 heterocycles. The minimum absolute atomic E-state index is 0.0182. The number of β-lactam (4-membered cyclic amide) rings is 1. The number of thioether (sulfide) groups is 2. The standard InChI is InChI=1S/C20H24N10O7S3/c1-24-10-2-9(21)26-19(30(10)23)40-7-20(17(35)36)5-29-15(34)13(16(29)39-6-20)27-14(33)12(28-37-3-11(31)32)8-4-38-18(22)25-8/h2,4,13,16H,3,5-7,23H2,1H3,(H7,21,22,24,25,27,31,32,33,35,36)/t13?,16-,20?/m1/s1. The van der Waals surface area contributed by atoms with Crippen LogP contribution in [0.25, 0.3) is 0 Å². The fourth-order valence-corrected chi connectivity index (χ4v) is 7.20. The van der Waals surface area contributed by atoms with E-state index in [1.165, 1.54) is 21.0 Å². The highest BCUT2D eigenvalue weighted by atomic mass is 32.2. The first-order chi connectivity index (χ1) is 19.0. The number of nitrogens with one attached hydrogen (secondary N) is 2. The summed E-state index contributed by atoms with van der Waals surface area (Å²) in [6.07, 6.45) is 0. The van der Waals surface area contributed by atoms with Gasteiger partial charge < -0.3 is 46.8 Å². The number of nitrogen functional groups attached to an aromatic ring is 3. The molecule has 2 aromatic heterocycles. The van der Waals surface area contributed by atoms with Gasteiger partial charge in [-0.1, -0.05) is 10.1 Å². The van der Waals surface area contributed by atoms with Gasteiger partial charge in [0.1, 0.15) is 17.1 Å². The maximum Gasteiger partial charge on any atom is 0.344 e. The molecule has 0 spiro atoms. The van der Waals surface area contributed by atoms with Gasteiger partial charge in [-0.25, -0.2) is 9.78 Å². The average molecular weight is 613 g/mol. The summed E-state index contributed by atoms with van der Waals surface area (Å²) in [4.78, 5) is 63.2. The minimum atomic E-state index is -1.44. The number of hydrogen-bond donors (Lipinski definition) is 6. The lowest BCUT2D eigenvalue weighted by Crippen LogP contribution is -2.75. The molecule has 2 amide bonds. The lowest BCUT2D eigenvalue weighted by atomic mass is 9.89. The zero-order valence-corrected chi connectivity index (χ0v) is 23.2. The summed E-state index contributed by atoms with van der Waals surface area (Å²) in [5.74, 6) is 2.72. The van der Waals surface area contributed by atoms with Crippen LogP contribution in [0.1, 0.15) is 5.69 Å². The van der Waals surface area contributed by atoms with Crippen LogP contribution in [0.2, 0.25) is 0 Å². The molecule has 2 aliphatic heterocycles. The van der Waals surface area contributed by atoms with E-state index in [-0.39, 0.29) is 45.6 Å². The lowest BCUT2D eigenvalue weighted by Gasteiger charge is -2.55. The number of carbonyl (C=O) groups excluding carboxylic acids is 3. The SMILES string of the molecule is CNc1cc(N)nc(SCC2(C(=O)[O-])CS[C@@H]3C(NC(=O)C(=NOCC(=O)O)c4csc(N)n4)C(=O)N3C2)[n+]1N. The first-order valence-electron chi connectivity index (χ1n) is 11.3. The summed E-state index contributed by atoms with van der Waals surface area (Å²) in [6, 6.07) is 0.524. The number of aromatic nitrogens is 3. The van der Waals surface area contributed by atoms with Crippen molar-refractivity contribution >= 4 is 81.1 Å². The van der Waals surface area contributed by atoms with E-state index in [2.05, 4.69) is 25.8 Å². The number of nitrogens with zero attached hydrogens (tertiary/aromatic N) is 5. The van der Waals surface area contributed by atoms with Crippen molar-refractivity contribution in [2.75, 3.05) is 54.3 Å². The maximum absolute atomic E-state index is 13.0. The van der Waals surface area contributed by atoms with E-state index in [0.717, 1.165) is 34.9 Å². The quantitative estimate of drug-likeness (QED) is 0.0273. The molecule has 0 aromatic carbocycles. The van der Waals surface area contributed by atoms with Crippen LogP contribution < -0.4 is 37.7 Å². The van der Waals surface area contributed by atoms with Gasteiger partial charge in [-0.3, -0.25) is 15.4 Å². The van der Waals surface area contributed by atoms with Gasteiger partial charge >= 0.3 is 11.1 Å². The molecule has 2 aliphatic rings. The van der Waals surface area contributed by atoms with E-state index >= 15 is 0 Å². The Balaban J connectivity index is 1.45. The molecular formula is C20H24N10O7S3. The normalized spacial score (nSPS) is 22.2. The molecule has 17 nitrogen and oxygen atoms in total. The monoisotopic (exact) mass is 612 g/mol.